The fourth-order valence-electron chi connectivity index (χ4n) is 12.5. The largest absolute Gasteiger partial charge is 0.475 e. The quantitative estimate of drug-likeness (QED) is 0.0915. The van der Waals surface area contributed by atoms with E-state index in [1.165, 1.54) is 17.7 Å². The van der Waals surface area contributed by atoms with Crippen LogP contribution in [0.5, 0.6) is 11.6 Å². The Bertz CT molecular complexity index is 2690. The van der Waals surface area contributed by atoms with Crippen molar-refractivity contribution in [3.05, 3.63) is 51.9 Å². The normalized spacial score (nSPS) is 23.9. The first-order chi connectivity index (χ1) is 31.3. The minimum atomic E-state index is -2.40. The number of ether oxygens (including phenoxy) is 4. The van der Waals surface area contributed by atoms with Gasteiger partial charge < -0.3 is 23.8 Å². The smallest absolute Gasteiger partial charge is 0.410 e. The van der Waals surface area contributed by atoms with Crippen LogP contribution in [0, 0.1) is 23.1 Å². The average molecular weight is 929 g/mol. The summed E-state index contributed by atoms with van der Waals surface area (Å²) in [5, 5.41) is 1.08. The first kappa shape index (κ1) is 46.3. The van der Waals surface area contributed by atoms with E-state index < -0.39 is 54.8 Å². The number of anilines is 1. The Morgan fingerprint density at radius 3 is 2.45 bits per heavy atom. The van der Waals surface area contributed by atoms with Gasteiger partial charge in [-0.2, -0.15) is 4.98 Å². The highest BCUT2D eigenvalue weighted by Gasteiger charge is 2.53. The van der Waals surface area contributed by atoms with Crippen LogP contribution in [0.3, 0.4) is 0 Å². The third kappa shape index (κ3) is 7.61. The van der Waals surface area contributed by atoms with Gasteiger partial charge in [-0.25, -0.2) is 27.7 Å². The molecule has 1 amide bonds. The number of rotatable bonds is 9. The fraction of sp³-hybridized carbons (Fsp3) is 0.600. The molecule has 2 aromatic carbocycles. The van der Waals surface area contributed by atoms with E-state index in [0.29, 0.717) is 48.9 Å². The van der Waals surface area contributed by atoms with E-state index in [9.17, 15) is 9.59 Å². The fourth-order valence-corrected chi connectivity index (χ4v) is 17.7. The molecule has 0 aliphatic carbocycles. The number of nitrogens with zero attached hydrogens (tertiary/aromatic N) is 6. The zero-order valence-corrected chi connectivity index (χ0v) is 40.9. The molecule has 0 unspecified atom stereocenters. The van der Waals surface area contributed by atoms with Gasteiger partial charge in [-0.15, -0.1) is 5.54 Å². The molecular weight excluding hydrogens is 866 g/mol. The second-order valence-electron chi connectivity index (χ2n) is 21.1. The van der Waals surface area contributed by atoms with Gasteiger partial charge in [0, 0.05) is 43.2 Å². The van der Waals surface area contributed by atoms with Gasteiger partial charge in [-0.05, 0) is 99.6 Å². The highest BCUT2D eigenvalue weighted by Crippen LogP contribution is 2.48. The highest BCUT2D eigenvalue weighted by atomic mass is 28.3. The third-order valence-electron chi connectivity index (χ3n) is 15.2. The molecule has 354 valence electrons. The predicted octanol–water partition coefficient (Wildman–Crippen LogP) is 9.37. The van der Waals surface area contributed by atoms with E-state index in [1.54, 1.807) is 23.1 Å². The van der Waals surface area contributed by atoms with Gasteiger partial charge in [0.15, 0.2) is 12.6 Å². The van der Waals surface area contributed by atoms with Gasteiger partial charge in [0.2, 0.25) is 5.88 Å². The van der Waals surface area contributed by atoms with Crippen LogP contribution in [0.1, 0.15) is 100.0 Å². The molecule has 16 heteroatoms. The van der Waals surface area contributed by atoms with E-state index in [2.05, 4.69) is 57.9 Å². The molecule has 5 aliphatic rings. The maximum Gasteiger partial charge on any atom is 0.410 e. The number of amides is 1. The molecule has 0 spiro atoms. The molecule has 5 atom stereocenters. The molecule has 4 aromatic rings. The molecule has 4 saturated heterocycles. The maximum atomic E-state index is 18.6. The van der Waals surface area contributed by atoms with Crippen LogP contribution in [-0.2, 0) is 16.0 Å². The molecule has 9 rings (SSSR count). The van der Waals surface area contributed by atoms with Crippen LogP contribution in [-0.4, -0.2) is 114 Å². The van der Waals surface area contributed by atoms with Gasteiger partial charge in [-0.3, -0.25) is 14.4 Å². The van der Waals surface area contributed by atoms with E-state index in [0.717, 1.165) is 6.42 Å². The lowest BCUT2D eigenvalue weighted by Crippen LogP contribution is -2.63. The van der Waals surface area contributed by atoms with Crippen molar-refractivity contribution in [3.63, 3.8) is 0 Å². The van der Waals surface area contributed by atoms with Crippen molar-refractivity contribution >= 4 is 41.7 Å². The van der Waals surface area contributed by atoms with Gasteiger partial charge >= 0.3 is 11.8 Å². The first-order valence-corrected chi connectivity index (χ1v) is 25.9. The zero-order chi connectivity index (χ0) is 47.2. The average Bonchev–Trinajstić information content (AvgIpc) is 3.84. The Morgan fingerprint density at radius 1 is 1.02 bits per heavy atom. The number of piperazine rings is 1. The molecule has 4 fully saturated rings. The Hall–Kier alpha value is -4.85. The van der Waals surface area contributed by atoms with Gasteiger partial charge in [0.25, 0.3) is 0 Å². The molecule has 5 aliphatic heterocycles. The summed E-state index contributed by atoms with van der Waals surface area (Å²) in [5.74, 6) is 2.50. The standard InChI is InChI=1S/C50H63F3N6O6Si/c1-28(2)66(29(3)4,30(5)6)19-16-35-37(52)14-12-31-20-34(64-27-62-10)21-36(40(31)35)43-42(53)44-41-45(55-47(60)58(44)26-50-17-11-18-56(50)23-32(51)22-50)57-24-33-13-15-38(39(57)25-63-46(41)54-43)59(33)48(61)65-49(7,8)9/h12,14,20-21,28-30,32-33,38-39H,11,13,15,17-18,22-27H2,1-10H3/t32-,33-,38+,39-,50+/m1/s1. The summed E-state index contributed by atoms with van der Waals surface area (Å²) in [6.45, 7) is 19.7. The number of carbonyl (C=O) groups excluding carboxylic acids is 1. The lowest BCUT2D eigenvalue weighted by molar-refractivity contribution is 0.00538. The monoisotopic (exact) mass is 928 g/mol. The number of halogens is 3. The third-order valence-corrected chi connectivity index (χ3v) is 21.5. The van der Waals surface area contributed by atoms with E-state index in [-0.39, 0.29) is 101 Å². The number of benzene rings is 2. The molecular formula is C50H63F3N6O6Si. The summed E-state index contributed by atoms with van der Waals surface area (Å²) in [6.07, 6.45) is 1.47. The molecule has 7 heterocycles. The van der Waals surface area contributed by atoms with Crippen molar-refractivity contribution in [1.29, 1.82) is 0 Å². The summed E-state index contributed by atoms with van der Waals surface area (Å²) >= 11 is 0. The summed E-state index contributed by atoms with van der Waals surface area (Å²) in [6, 6.07) is 5.24. The van der Waals surface area contributed by atoms with E-state index >= 15 is 13.2 Å². The van der Waals surface area contributed by atoms with Crippen LogP contribution in [0.4, 0.5) is 23.8 Å². The molecule has 2 bridgehead atoms. The summed E-state index contributed by atoms with van der Waals surface area (Å²) < 4.78 is 75.8. The number of fused-ring (bicyclic) bond motifs is 7. The number of aromatic nitrogens is 3. The lowest BCUT2D eigenvalue weighted by atomic mass is 9.93. The van der Waals surface area contributed by atoms with Crippen LogP contribution in [0.2, 0.25) is 16.6 Å². The van der Waals surface area contributed by atoms with Crippen molar-refractivity contribution in [3.8, 4) is 34.4 Å². The van der Waals surface area contributed by atoms with Crippen molar-refractivity contribution in [2.45, 2.75) is 153 Å². The Labute approximate surface area is 386 Å². The lowest BCUT2D eigenvalue weighted by Gasteiger charge is -2.46. The topological polar surface area (TPSA) is 111 Å². The number of pyridine rings is 1. The zero-order valence-electron chi connectivity index (χ0n) is 39.9. The van der Waals surface area contributed by atoms with E-state index in [1.807, 2.05) is 25.7 Å². The minimum absolute atomic E-state index is 0.00758. The summed E-state index contributed by atoms with van der Waals surface area (Å²) in [5.41, 5.74) is 2.33. The Morgan fingerprint density at radius 2 is 1.76 bits per heavy atom. The van der Waals surface area contributed by atoms with Crippen LogP contribution in [0.25, 0.3) is 32.9 Å². The molecule has 12 nitrogen and oxygen atoms in total. The minimum Gasteiger partial charge on any atom is -0.475 e. The van der Waals surface area contributed by atoms with Crippen molar-refractivity contribution in [2.24, 2.45) is 0 Å². The van der Waals surface area contributed by atoms with Crippen LogP contribution >= 0.6 is 0 Å². The maximum absolute atomic E-state index is 18.6. The van der Waals surface area contributed by atoms with E-state index in [4.69, 9.17) is 28.9 Å². The second kappa shape index (κ2) is 17.0. The molecule has 0 radical (unpaired) electrons. The van der Waals surface area contributed by atoms with Gasteiger partial charge in [0.05, 0.1) is 23.7 Å². The number of alkyl halides is 1. The molecule has 0 saturated carbocycles. The van der Waals surface area contributed by atoms with Crippen LogP contribution < -0.4 is 20.1 Å². The number of carbonyl (C=O) groups is 1. The summed E-state index contributed by atoms with van der Waals surface area (Å²) in [7, 11) is -0.904. The molecule has 2 aromatic heterocycles. The number of methoxy groups -OCH3 is 1. The van der Waals surface area contributed by atoms with Gasteiger partial charge in [0.1, 0.15) is 60.4 Å². The van der Waals surface area contributed by atoms with Crippen LogP contribution in [0.15, 0.2) is 29.1 Å². The number of hydrogen-bond acceptors (Lipinski definition) is 10. The van der Waals surface area contributed by atoms with Gasteiger partial charge in [-0.1, -0.05) is 53.5 Å². The second-order valence-corrected chi connectivity index (χ2v) is 26.7. The van der Waals surface area contributed by atoms with Crippen molar-refractivity contribution in [2.75, 3.05) is 45.0 Å². The SMILES string of the molecule is COCOc1cc(-c2nc3c4c(nc(=O)n(C[C@@]56CCCN5C[C@H](F)C6)c4c2F)N2C[C@H]4CC[C@@H]([C@H]2CO3)N4C(=O)OC(C)(C)C)c2c(C#C[Si](C(C)C)(C(C)C)C(C)C)c(F)ccc2c1. The summed E-state index contributed by atoms with van der Waals surface area (Å²) in [4.78, 5) is 44.2. The predicted molar refractivity (Wildman–Crippen MR) is 252 cm³/mol. The first-order valence-electron chi connectivity index (χ1n) is 23.6. The highest BCUT2D eigenvalue weighted by molar-refractivity contribution is 6.90. The molecule has 0 N–H and O–H groups in total. The number of hydrogen-bond donors (Lipinski definition) is 0. The van der Waals surface area contributed by atoms with Crippen molar-refractivity contribution in [1.82, 2.24) is 24.3 Å². The molecule has 66 heavy (non-hydrogen) atoms. The van der Waals surface area contributed by atoms with Crippen molar-refractivity contribution < 1.29 is 36.9 Å². The Balaban J connectivity index is 1.31. The Kier molecular flexibility index (Phi) is 11.9.